The van der Waals surface area contributed by atoms with Gasteiger partial charge in [-0.25, -0.2) is 14.1 Å². The van der Waals surface area contributed by atoms with Gasteiger partial charge in [0.05, 0.1) is 11.4 Å². The van der Waals surface area contributed by atoms with Gasteiger partial charge in [0, 0.05) is 9.79 Å². The average Bonchev–Trinajstić information content (AvgIpc) is 2.61. The third kappa shape index (κ3) is 2.53. The second-order valence-corrected chi connectivity index (χ2v) is 6.26. The van der Waals surface area contributed by atoms with Gasteiger partial charge in [-0.15, -0.1) is 0 Å². The van der Waals surface area contributed by atoms with Crippen LogP contribution in [0.4, 0.5) is 20.6 Å². The topological polar surface area (TPSA) is 29.5 Å². The smallest absolute Gasteiger partial charge is 0.407 e. The molecule has 1 heterocycles. The Kier molecular flexibility index (Phi) is 3.70. The van der Waals surface area contributed by atoms with Crippen molar-refractivity contribution in [2.24, 2.45) is 0 Å². The summed E-state index contributed by atoms with van der Waals surface area (Å²) in [7, 11) is 0. The number of para-hydroxylation sites is 3. The fourth-order valence-electron chi connectivity index (χ4n) is 2.57. The van der Waals surface area contributed by atoms with Crippen molar-refractivity contribution in [3.8, 4) is 5.75 Å². The van der Waals surface area contributed by atoms with E-state index in [4.69, 9.17) is 4.74 Å². The van der Waals surface area contributed by atoms with Crippen LogP contribution >= 0.6 is 11.8 Å². The molecule has 0 saturated heterocycles. The van der Waals surface area contributed by atoms with Crippen molar-refractivity contribution in [1.29, 1.82) is 0 Å². The number of hydrogen-bond donors (Lipinski definition) is 0. The van der Waals surface area contributed by atoms with Gasteiger partial charge >= 0.3 is 6.09 Å². The molecule has 5 heteroatoms. The van der Waals surface area contributed by atoms with Crippen molar-refractivity contribution in [3.63, 3.8) is 0 Å². The molecule has 24 heavy (non-hydrogen) atoms. The van der Waals surface area contributed by atoms with Crippen LogP contribution < -0.4 is 9.64 Å². The molecule has 0 spiro atoms. The summed E-state index contributed by atoms with van der Waals surface area (Å²) in [5.41, 5.74) is 1.45. The van der Waals surface area contributed by atoms with Crippen LogP contribution in [0.15, 0.2) is 82.6 Å². The molecule has 0 atom stereocenters. The lowest BCUT2D eigenvalue weighted by molar-refractivity contribution is 0.208. The SMILES string of the molecule is O=C(Oc1ccccc1F)N1c2ccccc2Sc2ccccc21. The normalized spacial score (nSPS) is 12.3. The fourth-order valence-corrected chi connectivity index (χ4v) is 3.63. The van der Waals surface area contributed by atoms with E-state index in [0.29, 0.717) is 0 Å². The third-order valence-corrected chi connectivity index (χ3v) is 4.78. The maximum absolute atomic E-state index is 13.8. The number of carbonyl (C=O) groups excluding carboxylic acids is 1. The van der Waals surface area contributed by atoms with Crippen molar-refractivity contribution in [2.75, 3.05) is 4.90 Å². The molecule has 0 unspecified atom stereocenters. The molecule has 1 aliphatic rings. The Labute approximate surface area is 142 Å². The molecule has 0 fully saturated rings. The third-order valence-electron chi connectivity index (χ3n) is 3.65. The number of hydrogen-bond acceptors (Lipinski definition) is 3. The van der Waals surface area contributed by atoms with E-state index in [2.05, 4.69) is 0 Å². The van der Waals surface area contributed by atoms with Crippen LogP contribution in [-0.2, 0) is 0 Å². The first-order chi connectivity index (χ1) is 11.7. The number of anilines is 2. The molecule has 0 bridgehead atoms. The molecule has 0 N–H and O–H groups in total. The van der Waals surface area contributed by atoms with E-state index in [1.54, 1.807) is 23.9 Å². The summed E-state index contributed by atoms with van der Waals surface area (Å²) >= 11 is 1.59. The number of halogens is 1. The van der Waals surface area contributed by atoms with Crippen LogP contribution in [0.5, 0.6) is 5.75 Å². The zero-order chi connectivity index (χ0) is 16.5. The molecule has 3 nitrogen and oxygen atoms in total. The number of nitrogens with zero attached hydrogens (tertiary/aromatic N) is 1. The van der Waals surface area contributed by atoms with Gasteiger partial charge in [-0.3, -0.25) is 0 Å². The Balaban J connectivity index is 1.77. The molecule has 3 aromatic carbocycles. The number of ether oxygens (including phenoxy) is 1. The van der Waals surface area contributed by atoms with Crippen LogP contribution in [-0.4, -0.2) is 6.09 Å². The predicted molar refractivity (Wildman–Crippen MR) is 91.6 cm³/mol. The first-order valence-corrected chi connectivity index (χ1v) is 8.18. The molecule has 1 aliphatic heterocycles. The quantitative estimate of drug-likeness (QED) is 0.576. The van der Waals surface area contributed by atoms with Crippen molar-refractivity contribution >= 4 is 29.2 Å². The molecule has 1 amide bonds. The van der Waals surface area contributed by atoms with Gasteiger partial charge in [-0.1, -0.05) is 48.2 Å². The van der Waals surface area contributed by atoms with Crippen LogP contribution in [0.1, 0.15) is 0 Å². The zero-order valence-corrected chi connectivity index (χ0v) is 13.3. The van der Waals surface area contributed by atoms with Crippen LogP contribution in [0.3, 0.4) is 0 Å². The molecule has 0 aromatic heterocycles. The lowest BCUT2D eigenvalue weighted by Gasteiger charge is -2.30. The lowest BCUT2D eigenvalue weighted by atomic mass is 10.2. The molecule has 3 aromatic rings. The van der Waals surface area contributed by atoms with Gasteiger partial charge < -0.3 is 4.74 Å². The van der Waals surface area contributed by atoms with Gasteiger partial charge in [0.2, 0.25) is 0 Å². The summed E-state index contributed by atoms with van der Waals surface area (Å²) in [5, 5.41) is 0. The Bertz CT molecular complexity index is 883. The van der Waals surface area contributed by atoms with Gasteiger partial charge in [-0.05, 0) is 36.4 Å². The molecule has 0 aliphatic carbocycles. The van der Waals surface area contributed by atoms with E-state index < -0.39 is 11.9 Å². The Morgan fingerprint density at radius 1 is 0.833 bits per heavy atom. The molecule has 4 rings (SSSR count). The minimum Gasteiger partial charge on any atom is -0.407 e. The van der Waals surface area contributed by atoms with E-state index in [9.17, 15) is 9.18 Å². The fraction of sp³-hybridized carbons (Fsp3) is 0. The van der Waals surface area contributed by atoms with Crippen LogP contribution in [0.2, 0.25) is 0 Å². The van der Waals surface area contributed by atoms with E-state index in [1.807, 2.05) is 48.5 Å². The number of carbonyl (C=O) groups is 1. The Hall–Kier alpha value is -2.79. The van der Waals surface area contributed by atoms with Crippen LogP contribution in [0, 0.1) is 5.82 Å². The van der Waals surface area contributed by atoms with Crippen molar-refractivity contribution in [1.82, 2.24) is 0 Å². The number of benzene rings is 3. The van der Waals surface area contributed by atoms with E-state index in [1.165, 1.54) is 17.0 Å². The highest BCUT2D eigenvalue weighted by Gasteiger charge is 2.29. The van der Waals surface area contributed by atoms with Gasteiger partial charge in [0.1, 0.15) is 0 Å². The lowest BCUT2D eigenvalue weighted by Crippen LogP contribution is -2.31. The van der Waals surface area contributed by atoms with Gasteiger partial charge in [0.15, 0.2) is 11.6 Å². The molecule has 118 valence electrons. The monoisotopic (exact) mass is 337 g/mol. The van der Waals surface area contributed by atoms with E-state index in [-0.39, 0.29) is 5.75 Å². The van der Waals surface area contributed by atoms with Gasteiger partial charge in [0.25, 0.3) is 0 Å². The van der Waals surface area contributed by atoms with Crippen molar-refractivity contribution in [3.05, 3.63) is 78.6 Å². The second kappa shape index (κ2) is 6.02. The summed E-state index contributed by atoms with van der Waals surface area (Å²) in [4.78, 5) is 16.1. The highest BCUT2D eigenvalue weighted by Crippen LogP contribution is 2.48. The summed E-state index contributed by atoms with van der Waals surface area (Å²) in [5.74, 6) is -0.658. The van der Waals surface area contributed by atoms with E-state index >= 15 is 0 Å². The highest BCUT2D eigenvalue weighted by atomic mass is 32.2. The number of rotatable bonds is 1. The summed E-state index contributed by atoms with van der Waals surface area (Å²) in [6.07, 6.45) is -0.639. The standard InChI is InChI=1S/C19H12FNO2S/c20-13-7-1-4-10-16(13)23-19(22)21-14-8-2-5-11-17(14)24-18-12-6-3-9-15(18)21/h1-12H. The molecular formula is C19H12FNO2S. The maximum Gasteiger partial charge on any atom is 0.424 e. The van der Waals surface area contributed by atoms with Gasteiger partial charge in [-0.2, -0.15) is 0 Å². The summed E-state index contributed by atoms with van der Waals surface area (Å²) < 4.78 is 19.1. The second-order valence-electron chi connectivity index (χ2n) is 5.17. The van der Waals surface area contributed by atoms with Crippen molar-refractivity contribution in [2.45, 2.75) is 9.79 Å². The first kappa shape index (κ1) is 14.8. The minimum absolute atomic E-state index is 0.0873. The average molecular weight is 337 g/mol. The Morgan fingerprint density at radius 3 is 2.00 bits per heavy atom. The molecule has 0 radical (unpaired) electrons. The zero-order valence-electron chi connectivity index (χ0n) is 12.5. The minimum atomic E-state index is -0.639. The molecule has 0 saturated carbocycles. The predicted octanol–water partition coefficient (Wildman–Crippen LogP) is 5.63. The summed E-state index contributed by atoms with van der Waals surface area (Å²) in [6.45, 7) is 0. The number of fused-ring (bicyclic) bond motifs is 2. The molecular weight excluding hydrogens is 325 g/mol. The first-order valence-electron chi connectivity index (χ1n) is 7.36. The van der Waals surface area contributed by atoms with E-state index in [0.717, 1.165) is 21.2 Å². The largest absolute Gasteiger partial charge is 0.424 e. The van der Waals surface area contributed by atoms with Crippen LogP contribution in [0.25, 0.3) is 0 Å². The van der Waals surface area contributed by atoms with Crippen molar-refractivity contribution < 1.29 is 13.9 Å². The highest BCUT2D eigenvalue weighted by molar-refractivity contribution is 7.99. The maximum atomic E-state index is 13.8. The Morgan fingerprint density at radius 2 is 1.38 bits per heavy atom. The number of amides is 1. The summed E-state index contributed by atoms with van der Waals surface area (Å²) in [6, 6.07) is 21.0.